The molecule has 0 radical (unpaired) electrons. The summed E-state index contributed by atoms with van der Waals surface area (Å²) in [7, 11) is 0. The van der Waals surface area contributed by atoms with E-state index in [9.17, 15) is 0 Å². The zero-order valence-corrected chi connectivity index (χ0v) is 14.9. The summed E-state index contributed by atoms with van der Waals surface area (Å²) in [6.07, 6.45) is 0. The van der Waals surface area contributed by atoms with Gasteiger partial charge in [-0.3, -0.25) is 9.58 Å². The Morgan fingerprint density at radius 3 is 2.70 bits per heavy atom. The molecule has 2 rings (SSSR count). The van der Waals surface area contributed by atoms with E-state index in [1.165, 1.54) is 10.2 Å². The minimum atomic E-state index is 0.302. The molecule has 1 unspecified atom stereocenters. The topological polar surface area (TPSA) is 33.1 Å². The molecule has 0 bridgehead atoms. The molecule has 1 saturated heterocycles. The molecule has 1 aliphatic heterocycles. The van der Waals surface area contributed by atoms with Gasteiger partial charge in [-0.1, -0.05) is 20.8 Å². The summed E-state index contributed by atoms with van der Waals surface area (Å²) in [5.74, 6) is 0. The van der Waals surface area contributed by atoms with Crippen LogP contribution in [0.3, 0.4) is 0 Å². The Bertz CT molecular complexity index is 461. The zero-order valence-electron chi connectivity index (χ0n) is 13.3. The molecule has 0 aliphatic carbocycles. The second-order valence-electron chi connectivity index (χ2n) is 6.77. The second kappa shape index (κ2) is 6.16. The van der Waals surface area contributed by atoms with E-state index in [0.29, 0.717) is 11.5 Å². The van der Waals surface area contributed by atoms with Crippen molar-refractivity contribution in [3.8, 4) is 0 Å². The van der Waals surface area contributed by atoms with Gasteiger partial charge in [0.05, 0.1) is 15.9 Å². The Balaban J connectivity index is 2.10. The van der Waals surface area contributed by atoms with E-state index in [0.717, 1.165) is 38.4 Å². The van der Waals surface area contributed by atoms with Gasteiger partial charge in [0.25, 0.3) is 0 Å². The van der Waals surface area contributed by atoms with Gasteiger partial charge in [0.15, 0.2) is 0 Å². The minimum absolute atomic E-state index is 0.302. The second-order valence-corrected chi connectivity index (χ2v) is 7.56. The average molecular weight is 343 g/mol. The third kappa shape index (κ3) is 3.43. The summed E-state index contributed by atoms with van der Waals surface area (Å²) >= 11 is 3.70. The van der Waals surface area contributed by atoms with E-state index < -0.39 is 0 Å². The molecule has 1 fully saturated rings. The van der Waals surface area contributed by atoms with Crippen LogP contribution >= 0.6 is 15.9 Å². The fourth-order valence-corrected chi connectivity index (χ4v) is 3.18. The first kappa shape index (κ1) is 16.0. The van der Waals surface area contributed by atoms with Crippen molar-refractivity contribution in [3.05, 3.63) is 15.9 Å². The molecule has 1 aromatic heterocycles. The summed E-state index contributed by atoms with van der Waals surface area (Å²) < 4.78 is 3.29. The predicted molar refractivity (Wildman–Crippen MR) is 86.9 cm³/mol. The minimum Gasteiger partial charge on any atom is -0.311 e. The lowest BCUT2D eigenvalue weighted by Gasteiger charge is -2.40. The summed E-state index contributed by atoms with van der Waals surface area (Å²) in [5, 5.41) is 8.24. The van der Waals surface area contributed by atoms with Crippen molar-refractivity contribution in [3.63, 3.8) is 0 Å². The van der Waals surface area contributed by atoms with Crippen LogP contribution in [0.25, 0.3) is 0 Å². The first-order chi connectivity index (χ1) is 9.32. The van der Waals surface area contributed by atoms with Crippen molar-refractivity contribution in [2.75, 3.05) is 19.6 Å². The molecule has 20 heavy (non-hydrogen) atoms. The van der Waals surface area contributed by atoms with Crippen LogP contribution in [0.4, 0.5) is 0 Å². The van der Waals surface area contributed by atoms with E-state index in [-0.39, 0.29) is 0 Å². The van der Waals surface area contributed by atoms with Crippen molar-refractivity contribution >= 4 is 15.9 Å². The monoisotopic (exact) mass is 342 g/mol. The molecule has 2 heterocycles. The summed E-state index contributed by atoms with van der Waals surface area (Å²) in [4.78, 5) is 2.54. The molecule has 114 valence electrons. The fraction of sp³-hybridized carbons (Fsp3) is 0.800. The SMILES string of the molecule is CCn1nc(C)c(Br)c1CN1CCNC(C(C)(C)C)C1. The Morgan fingerprint density at radius 1 is 1.40 bits per heavy atom. The van der Waals surface area contributed by atoms with Crippen molar-refractivity contribution in [1.29, 1.82) is 0 Å². The number of hydrogen-bond acceptors (Lipinski definition) is 3. The van der Waals surface area contributed by atoms with E-state index in [2.05, 4.69) is 70.5 Å². The number of rotatable bonds is 3. The third-order valence-corrected chi connectivity index (χ3v) is 5.16. The van der Waals surface area contributed by atoms with Gasteiger partial charge in [-0.05, 0) is 35.2 Å². The number of hydrogen-bond donors (Lipinski definition) is 1. The molecule has 0 saturated carbocycles. The van der Waals surface area contributed by atoms with Gasteiger partial charge in [-0.25, -0.2) is 0 Å². The highest BCUT2D eigenvalue weighted by Crippen LogP contribution is 2.25. The van der Waals surface area contributed by atoms with Crippen molar-refractivity contribution in [1.82, 2.24) is 20.0 Å². The van der Waals surface area contributed by atoms with Gasteiger partial charge < -0.3 is 5.32 Å². The summed E-state index contributed by atoms with van der Waals surface area (Å²) in [6, 6.07) is 0.550. The smallest absolute Gasteiger partial charge is 0.0739 e. The predicted octanol–water partition coefficient (Wildman–Crippen LogP) is 2.79. The van der Waals surface area contributed by atoms with Crippen molar-refractivity contribution in [2.24, 2.45) is 5.41 Å². The maximum atomic E-state index is 4.59. The Morgan fingerprint density at radius 2 is 2.10 bits per heavy atom. The Hall–Kier alpha value is -0.390. The standard InChI is InChI=1S/C15H27BrN4/c1-6-20-12(14(16)11(2)18-20)9-19-8-7-17-13(10-19)15(3,4)5/h13,17H,6-10H2,1-5H3. The number of aryl methyl sites for hydroxylation is 2. The van der Waals surface area contributed by atoms with Crippen molar-refractivity contribution < 1.29 is 0 Å². The number of aromatic nitrogens is 2. The number of piperazine rings is 1. The number of halogens is 1. The summed E-state index contributed by atoms with van der Waals surface area (Å²) in [5.41, 5.74) is 2.69. The largest absolute Gasteiger partial charge is 0.311 e. The molecule has 1 N–H and O–H groups in total. The lowest BCUT2D eigenvalue weighted by Crippen LogP contribution is -2.55. The van der Waals surface area contributed by atoms with Crippen LogP contribution < -0.4 is 5.32 Å². The van der Waals surface area contributed by atoms with Gasteiger partial charge in [-0.2, -0.15) is 5.10 Å². The molecular formula is C15H27BrN4. The van der Waals surface area contributed by atoms with Gasteiger partial charge in [0, 0.05) is 38.8 Å². The van der Waals surface area contributed by atoms with Crippen LogP contribution in [-0.4, -0.2) is 40.4 Å². The van der Waals surface area contributed by atoms with Gasteiger partial charge in [0.1, 0.15) is 0 Å². The van der Waals surface area contributed by atoms with E-state index in [4.69, 9.17) is 0 Å². The van der Waals surface area contributed by atoms with Crippen LogP contribution in [0, 0.1) is 12.3 Å². The van der Waals surface area contributed by atoms with E-state index in [1.54, 1.807) is 0 Å². The first-order valence-electron chi connectivity index (χ1n) is 7.50. The van der Waals surface area contributed by atoms with Crippen LogP contribution in [0.1, 0.15) is 39.1 Å². The molecular weight excluding hydrogens is 316 g/mol. The number of nitrogens with one attached hydrogen (secondary N) is 1. The molecule has 0 aromatic carbocycles. The summed E-state index contributed by atoms with van der Waals surface area (Å²) in [6.45, 7) is 16.3. The molecule has 1 aromatic rings. The molecule has 1 aliphatic rings. The zero-order chi connectivity index (χ0) is 14.9. The third-order valence-electron chi connectivity index (χ3n) is 4.13. The Labute approximate surface area is 131 Å². The molecule has 4 nitrogen and oxygen atoms in total. The molecule has 1 atom stereocenters. The highest BCUT2D eigenvalue weighted by atomic mass is 79.9. The highest BCUT2D eigenvalue weighted by molar-refractivity contribution is 9.10. The molecule has 5 heteroatoms. The molecule has 0 amide bonds. The molecule has 0 spiro atoms. The van der Waals surface area contributed by atoms with E-state index >= 15 is 0 Å². The fourth-order valence-electron chi connectivity index (χ4n) is 2.77. The van der Waals surface area contributed by atoms with Gasteiger partial charge >= 0.3 is 0 Å². The first-order valence-corrected chi connectivity index (χ1v) is 8.29. The lowest BCUT2D eigenvalue weighted by atomic mass is 9.85. The van der Waals surface area contributed by atoms with Gasteiger partial charge in [-0.15, -0.1) is 0 Å². The highest BCUT2D eigenvalue weighted by Gasteiger charge is 2.30. The van der Waals surface area contributed by atoms with Crippen LogP contribution in [0.15, 0.2) is 4.47 Å². The van der Waals surface area contributed by atoms with Crippen LogP contribution in [0.5, 0.6) is 0 Å². The van der Waals surface area contributed by atoms with Gasteiger partial charge in [0.2, 0.25) is 0 Å². The number of nitrogens with zero attached hydrogens (tertiary/aromatic N) is 3. The maximum Gasteiger partial charge on any atom is 0.0739 e. The normalized spacial score (nSPS) is 21.4. The quantitative estimate of drug-likeness (QED) is 0.916. The maximum absolute atomic E-state index is 4.59. The van der Waals surface area contributed by atoms with E-state index in [1.807, 2.05) is 0 Å². The van der Waals surface area contributed by atoms with Crippen LogP contribution in [0.2, 0.25) is 0 Å². The average Bonchev–Trinajstić information content (AvgIpc) is 2.66. The Kier molecular flexibility index (Phi) is 4.92. The van der Waals surface area contributed by atoms with Crippen molar-refractivity contribution in [2.45, 2.75) is 53.8 Å². The van der Waals surface area contributed by atoms with Crippen LogP contribution in [-0.2, 0) is 13.1 Å². The lowest BCUT2D eigenvalue weighted by molar-refractivity contribution is 0.126.